The van der Waals surface area contributed by atoms with E-state index in [0.717, 1.165) is 80.9 Å². The molecule has 11 rings (SSSR count). The molecule has 3 N–H and O–H groups in total. The number of nitrogens with one attached hydrogen (secondary N) is 1. The Labute approximate surface area is 435 Å². The zero-order valence-corrected chi connectivity index (χ0v) is 42.2. The first-order valence-corrected chi connectivity index (χ1v) is 25.0. The van der Waals surface area contributed by atoms with Gasteiger partial charge in [0.2, 0.25) is 0 Å². The molecule has 2 saturated heterocycles. The Morgan fingerprint density at radius 1 is 0.627 bits per heavy atom. The van der Waals surface area contributed by atoms with Gasteiger partial charge in [-0.05, 0) is 110 Å². The van der Waals surface area contributed by atoms with Crippen molar-refractivity contribution < 1.29 is 42.8 Å². The Balaban J connectivity index is 0.000000141. The van der Waals surface area contributed by atoms with Crippen molar-refractivity contribution in [3.05, 3.63) is 173 Å². The van der Waals surface area contributed by atoms with Crippen LogP contribution in [0.25, 0.3) is 33.8 Å². The predicted molar refractivity (Wildman–Crippen MR) is 283 cm³/mol. The van der Waals surface area contributed by atoms with Crippen molar-refractivity contribution in [3.63, 3.8) is 0 Å². The van der Waals surface area contributed by atoms with Crippen LogP contribution in [0.2, 0.25) is 0 Å². The number of non-ortho nitro benzene ring substituents is 1. The Morgan fingerprint density at radius 2 is 1.19 bits per heavy atom. The zero-order chi connectivity index (χ0) is 51.9. The van der Waals surface area contributed by atoms with Crippen molar-refractivity contribution in [3.8, 4) is 56.8 Å². The molecule has 18 heteroatoms. The monoisotopic (exact) mass is 1020 g/mol. The van der Waals surface area contributed by atoms with E-state index in [1.54, 1.807) is 44.3 Å². The fraction of sp³-hybridized carbons (Fsp3) is 0.316. The van der Waals surface area contributed by atoms with Gasteiger partial charge in [0.15, 0.2) is 23.7 Å². The molecule has 4 atom stereocenters. The molecule has 0 spiro atoms. The number of nitro groups is 1. The lowest BCUT2D eigenvalue weighted by atomic mass is 10.1. The van der Waals surface area contributed by atoms with Gasteiger partial charge >= 0.3 is 0 Å². The zero-order valence-electron chi connectivity index (χ0n) is 42.2. The number of ether oxygens (including phenoxy) is 8. The molecule has 5 heterocycles. The van der Waals surface area contributed by atoms with Crippen LogP contribution in [0.1, 0.15) is 36.8 Å². The number of aromatic nitrogens is 6. The molecule has 0 amide bonds. The van der Waals surface area contributed by atoms with Gasteiger partial charge in [0, 0.05) is 67.3 Å². The fourth-order valence-corrected chi connectivity index (χ4v) is 9.03. The molecule has 3 aliphatic rings. The summed E-state index contributed by atoms with van der Waals surface area (Å²) in [6.45, 7) is 3.36. The van der Waals surface area contributed by atoms with E-state index < -0.39 is 4.92 Å². The minimum absolute atomic E-state index is 0.0187. The molecule has 2 aliphatic heterocycles. The summed E-state index contributed by atoms with van der Waals surface area (Å²) in [7, 11) is 5.01. The summed E-state index contributed by atoms with van der Waals surface area (Å²) in [6, 6.07) is 41.8. The summed E-state index contributed by atoms with van der Waals surface area (Å²) in [5.41, 5.74) is 14.2. The van der Waals surface area contributed by atoms with Gasteiger partial charge in [-0.3, -0.25) is 24.6 Å². The van der Waals surface area contributed by atoms with Crippen molar-refractivity contribution in [1.82, 2.24) is 29.8 Å². The highest BCUT2D eigenvalue weighted by molar-refractivity contribution is 5.68. The summed E-state index contributed by atoms with van der Waals surface area (Å²) < 4.78 is 49.2. The molecular formula is C57H62N8O10. The van der Waals surface area contributed by atoms with Crippen LogP contribution in [0.4, 0.5) is 11.4 Å². The molecular weight excluding hydrogens is 957 g/mol. The second-order valence-corrected chi connectivity index (χ2v) is 18.3. The molecule has 0 radical (unpaired) electrons. The highest BCUT2D eigenvalue weighted by atomic mass is 16.6. The standard InChI is InChI=1S/C22H25N3O2.C21H21N3O5.C14H16N2O3/c1-26-21-11-8-17(14-22(21)27-19-4-2-3-5-19)20-12-13-25(24-20)15-16-6-9-18(23)10-7-16;1-27-20-13-28-14-21(20)29-19-5-3-2-4-17(19)18-10-11-23(22-18)12-15-6-8-16(9-7-15)24(25)26;1-17-13-8-18-9-14(13)19-12-5-3-2-4-10(12)11-6-7-15-16-11/h6-14,19H,2-5,15,23H2,1H3;2-11,20-21H,12-14H2,1H3;2-7,13-14H,8-9H2,1H3,(H,15,16)/t;20?,21-;13?,14-/m.11/s1. The molecule has 75 heavy (non-hydrogen) atoms. The van der Waals surface area contributed by atoms with Crippen molar-refractivity contribution in [1.29, 1.82) is 0 Å². The lowest BCUT2D eigenvalue weighted by molar-refractivity contribution is -0.384. The van der Waals surface area contributed by atoms with Gasteiger partial charge in [-0.15, -0.1) is 0 Å². The van der Waals surface area contributed by atoms with E-state index >= 15 is 0 Å². The van der Waals surface area contributed by atoms with Crippen LogP contribution in [0.15, 0.2) is 152 Å². The molecule has 18 nitrogen and oxygen atoms in total. The quantitative estimate of drug-likeness (QED) is 0.0495. The van der Waals surface area contributed by atoms with Gasteiger partial charge in [-0.25, -0.2) is 0 Å². The highest BCUT2D eigenvalue weighted by Gasteiger charge is 2.32. The molecule has 0 bridgehead atoms. The maximum absolute atomic E-state index is 10.8. The normalized spacial score (nSPS) is 18.1. The second-order valence-electron chi connectivity index (χ2n) is 18.3. The van der Waals surface area contributed by atoms with Gasteiger partial charge in [-0.1, -0.05) is 48.5 Å². The highest BCUT2D eigenvalue weighted by Crippen LogP contribution is 2.36. The first kappa shape index (κ1) is 51.9. The number of nitro benzene ring substituents is 1. The van der Waals surface area contributed by atoms with Crippen LogP contribution in [0.5, 0.6) is 23.0 Å². The number of nitrogens with zero attached hydrogens (tertiary/aromatic N) is 6. The summed E-state index contributed by atoms with van der Waals surface area (Å²) in [6.07, 6.45) is 10.2. The summed E-state index contributed by atoms with van der Waals surface area (Å²) in [5, 5.41) is 27.1. The number of hydrogen-bond donors (Lipinski definition) is 2. The van der Waals surface area contributed by atoms with Crippen molar-refractivity contribution in [2.75, 3.05) is 53.5 Å². The van der Waals surface area contributed by atoms with E-state index in [1.807, 2.05) is 126 Å². The Hall–Kier alpha value is -8.03. The lowest BCUT2D eigenvalue weighted by Gasteiger charge is -2.19. The number of nitrogen functional groups attached to an aromatic ring is 1. The number of nitrogens with two attached hydrogens (primary N) is 1. The maximum Gasteiger partial charge on any atom is 0.269 e. The van der Waals surface area contributed by atoms with E-state index in [-0.39, 0.29) is 36.2 Å². The third-order valence-electron chi connectivity index (χ3n) is 13.1. The van der Waals surface area contributed by atoms with Gasteiger partial charge in [0.1, 0.15) is 23.7 Å². The van der Waals surface area contributed by atoms with Crippen LogP contribution >= 0.6 is 0 Å². The minimum Gasteiger partial charge on any atom is -0.493 e. The van der Waals surface area contributed by atoms with Crippen molar-refractivity contribution >= 4 is 11.4 Å². The van der Waals surface area contributed by atoms with Gasteiger partial charge in [0.25, 0.3) is 5.69 Å². The van der Waals surface area contributed by atoms with Crippen LogP contribution in [0, 0.1) is 10.1 Å². The van der Waals surface area contributed by atoms with Crippen molar-refractivity contribution in [2.45, 2.75) is 69.3 Å². The average molecular weight is 1020 g/mol. The first-order chi connectivity index (χ1) is 36.7. The predicted octanol–water partition coefficient (Wildman–Crippen LogP) is 9.68. The third-order valence-corrected chi connectivity index (χ3v) is 13.1. The largest absolute Gasteiger partial charge is 0.493 e. The van der Waals surface area contributed by atoms with E-state index in [4.69, 9.17) is 48.7 Å². The first-order valence-electron chi connectivity index (χ1n) is 25.0. The topological polar surface area (TPSA) is 207 Å². The molecule has 5 aromatic carbocycles. The molecule has 8 aromatic rings. The molecule has 1 saturated carbocycles. The molecule has 2 unspecified atom stereocenters. The van der Waals surface area contributed by atoms with Gasteiger partial charge < -0.3 is 43.6 Å². The SMILES string of the molecule is COC1COC[C@H]1Oc1ccccc1-c1ccn(Cc2ccc([N+](=O)[O-])cc2)n1.COC1COC[C@H]1Oc1ccccc1-c1ccn[nH]1.COc1ccc(-c2ccn(Cc3ccc(N)cc3)n2)cc1OC1CCCC1. The number of rotatable bonds is 17. The maximum atomic E-state index is 10.8. The molecule has 3 aromatic heterocycles. The summed E-state index contributed by atoms with van der Waals surface area (Å²) in [4.78, 5) is 10.4. The Bertz CT molecular complexity index is 3050. The van der Waals surface area contributed by atoms with Crippen LogP contribution in [-0.4, -0.2) is 113 Å². The number of anilines is 1. The number of aromatic amines is 1. The Kier molecular flexibility index (Phi) is 17.5. The summed E-state index contributed by atoms with van der Waals surface area (Å²) >= 11 is 0. The molecule has 390 valence electrons. The van der Waals surface area contributed by atoms with Crippen LogP contribution < -0.4 is 24.7 Å². The lowest BCUT2D eigenvalue weighted by Crippen LogP contribution is -2.31. The van der Waals surface area contributed by atoms with Gasteiger partial charge in [-0.2, -0.15) is 15.3 Å². The minimum atomic E-state index is -0.406. The van der Waals surface area contributed by atoms with Crippen molar-refractivity contribution in [2.24, 2.45) is 0 Å². The Morgan fingerprint density at radius 3 is 1.77 bits per heavy atom. The molecule has 1 aliphatic carbocycles. The fourth-order valence-electron chi connectivity index (χ4n) is 9.03. The van der Waals surface area contributed by atoms with E-state index in [9.17, 15) is 10.1 Å². The second kappa shape index (κ2) is 25.3. The smallest absolute Gasteiger partial charge is 0.269 e. The van der Waals surface area contributed by atoms with Crippen LogP contribution in [-0.2, 0) is 32.0 Å². The van der Waals surface area contributed by atoms with Gasteiger partial charge in [0.05, 0.1) is 74.7 Å². The third kappa shape index (κ3) is 13.6. The number of hydrogen-bond acceptors (Lipinski definition) is 14. The molecule has 3 fully saturated rings. The van der Waals surface area contributed by atoms with E-state index in [1.165, 1.54) is 30.5 Å². The van der Waals surface area contributed by atoms with E-state index in [0.29, 0.717) is 39.5 Å². The number of benzene rings is 5. The average Bonchev–Trinajstić information content (AvgIpc) is 4.32. The number of para-hydroxylation sites is 2. The number of methoxy groups -OCH3 is 3. The van der Waals surface area contributed by atoms with Crippen LogP contribution in [0.3, 0.4) is 0 Å². The summed E-state index contributed by atoms with van der Waals surface area (Å²) in [5.74, 6) is 3.11. The number of H-pyrrole nitrogens is 1. The van der Waals surface area contributed by atoms with E-state index in [2.05, 4.69) is 15.3 Å².